The Balaban J connectivity index is 2.00. The van der Waals surface area contributed by atoms with Crippen LogP contribution >= 0.6 is 0 Å². The number of hydrogen-bond acceptors (Lipinski definition) is 4. The second-order valence-corrected chi connectivity index (χ2v) is 9.44. The van der Waals surface area contributed by atoms with Crippen molar-refractivity contribution in [3.63, 3.8) is 0 Å². The summed E-state index contributed by atoms with van der Waals surface area (Å²) in [5, 5.41) is 13.1. The zero-order chi connectivity index (χ0) is 20.5. The minimum Gasteiger partial charge on any atom is -0.392 e. The largest absolute Gasteiger partial charge is 0.392 e. The van der Waals surface area contributed by atoms with Crippen molar-refractivity contribution in [2.24, 2.45) is 34.1 Å². The van der Waals surface area contributed by atoms with E-state index < -0.39 is 5.54 Å². The van der Waals surface area contributed by atoms with Gasteiger partial charge in [0.2, 0.25) is 0 Å². The van der Waals surface area contributed by atoms with Gasteiger partial charge in [-0.3, -0.25) is 0 Å². The number of aliphatic hydroxyl groups is 1. The Labute approximate surface area is 169 Å². The Kier molecular flexibility index (Phi) is 6.11. The van der Waals surface area contributed by atoms with Crippen LogP contribution in [-0.4, -0.2) is 23.3 Å². The third-order valence-electron chi connectivity index (χ3n) is 7.83. The molecule has 0 aromatic carbocycles. The van der Waals surface area contributed by atoms with Gasteiger partial charge in [0.1, 0.15) is 0 Å². The topological polar surface area (TPSA) is 75.7 Å². The van der Waals surface area contributed by atoms with Crippen LogP contribution in [0.2, 0.25) is 0 Å². The summed E-state index contributed by atoms with van der Waals surface area (Å²) in [7, 11) is 0. The van der Waals surface area contributed by atoms with Gasteiger partial charge in [-0.25, -0.2) is 0 Å². The lowest BCUT2D eigenvalue weighted by Gasteiger charge is -2.57. The van der Waals surface area contributed by atoms with Crippen molar-refractivity contribution in [2.75, 3.05) is 6.61 Å². The van der Waals surface area contributed by atoms with E-state index in [1.165, 1.54) is 5.57 Å². The number of aliphatic hydroxyl groups excluding tert-OH is 1. The highest BCUT2D eigenvalue weighted by Crippen LogP contribution is 2.58. The molecule has 0 aliphatic heterocycles. The standard InChI is InChI=1S/C24H36N2O2/c1-5-6-21(26-28)22-23(4)11-9-16(2)13-19(23)10-12-24(22,25)20-8-7-18(14-20)17(3)15-27/h9,11,13,18,20-22,27H,2-3,5-8,10,12,14-15,25H2,1,4H3. The van der Waals surface area contributed by atoms with E-state index in [0.29, 0.717) is 11.8 Å². The quantitative estimate of drug-likeness (QED) is 0.476. The highest BCUT2D eigenvalue weighted by Gasteiger charge is 2.58. The highest BCUT2D eigenvalue weighted by atomic mass is 16.3. The van der Waals surface area contributed by atoms with E-state index in [1.54, 1.807) is 0 Å². The minimum atomic E-state index is -0.437. The fraction of sp³-hybridized carbons (Fsp3) is 0.667. The van der Waals surface area contributed by atoms with Crippen molar-refractivity contribution in [1.29, 1.82) is 0 Å². The summed E-state index contributed by atoms with van der Waals surface area (Å²) in [4.78, 5) is 12.0. The number of nitrogens with zero attached hydrogens (tertiary/aromatic N) is 1. The van der Waals surface area contributed by atoms with Gasteiger partial charge in [0.05, 0.1) is 12.6 Å². The predicted octanol–water partition coefficient (Wildman–Crippen LogP) is 5.05. The second kappa shape index (κ2) is 8.08. The van der Waals surface area contributed by atoms with E-state index >= 15 is 0 Å². The third kappa shape index (κ3) is 3.46. The van der Waals surface area contributed by atoms with Gasteiger partial charge in [0.15, 0.2) is 0 Å². The number of nitrogens with two attached hydrogens (primary N) is 1. The molecule has 154 valence electrons. The molecule has 3 N–H and O–H groups in total. The first-order valence-electron chi connectivity index (χ1n) is 10.8. The Morgan fingerprint density at radius 3 is 2.86 bits per heavy atom. The number of hydrogen-bond donors (Lipinski definition) is 2. The zero-order valence-electron chi connectivity index (χ0n) is 17.5. The van der Waals surface area contributed by atoms with Crippen molar-refractivity contribution in [2.45, 2.75) is 70.4 Å². The van der Waals surface area contributed by atoms with Crippen LogP contribution in [0.15, 0.2) is 53.3 Å². The van der Waals surface area contributed by atoms with Crippen molar-refractivity contribution in [3.05, 3.63) is 53.0 Å². The molecule has 3 aliphatic carbocycles. The fourth-order valence-electron chi connectivity index (χ4n) is 6.29. The average Bonchev–Trinajstić information content (AvgIpc) is 3.18. The van der Waals surface area contributed by atoms with Crippen molar-refractivity contribution < 1.29 is 5.11 Å². The molecule has 28 heavy (non-hydrogen) atoms. The maximum absolute atomic E-state index is 12.0. The summed E-state index contributed by atoms with van der Waals surface area (Å²) in [6.45, 7) is 12.5. The highest BCUT2D eigenvalue weighted by molar-refractivity contribution is 5.44. The Morgan fingerprint density at radius 2 is 2.21 bits per heavy atom. The Hall–Kier alpha value is -1.52. The first kappa shape index (κ1) is 21.2. The van der Waals surface area contributed by atoms with E-state index in [0.717, 1.165) is 56.1 Å². The van der Waals surface area contributed by atoms with Gasteiger partial charge in [-0.1, -0.05) is 62.4 Å². The smallest absolute Gasteiger partial charge is 0.0976 e. The van der Waals surface area contributed by atoms with Crippen LogP contribution in [0.5, 0.6) is 0 Å². The summed E-state index contributed by atoms with van der Waals surface area (Å²) in [5.41, 5.74) is 9.85. The molecule has 0 spiro atoms. The van der Waals surface area contributed by atoms with Gasteiger partial charge in [-0.15, -0.1) is 0 Å². The summed E-state index contributed by atoms with van der Waals surface area (Å²) < 4.78 is 0. The lowest BCUT2D eigenvalue weighted by molar-refractivity contribution is 0.0443. The van der Waals surface area contributed by atoms with Crippen LogP contribution in [-0.2, 0) is 0 Å². The van der Waals surface area contributed by atoms with Crippen LogP contribution < -0.4 is 5.73 Å². The zero-order valence-corrected chi connectivity index (χ0v) is 17.5. The van der Waals surface area contributed by atoms with Gasteiger partial charge >= 0.3 is 0 Å². The van der Waals surface area contributed by atoms with Crippen LogP contribution in [0.25, 0.3) is 0 Å². The molecule has 6 unspecified atom stereocenters. The molecule has 0 heterocycles. The molecule has 4 nitrogen and oxygen atoms in total. The molecule has 2 fully saturated rings. The fourth-order valence-corrected chi connectivity index (χ4v) is 6.29. The molecule has 0 saturated heterocycles. The minimum absolute atomic E-state index is 0.0204. The third-order valence-corrected chi connectivity index (χ3v) is 7.83. The van der Waals surface area contributed by atoms with E-state index in [4.69, 9.17) is 5.73 Å². The van der Waals surface area contributed by atoms with Crippen LogP contribution in [0.3, 0.4) is 0 Å². The summed E-state index contributed by atoms with van der Waals surface area (Å²) in [6, 6.07) is -0.292. The molecule has 3 rings (SSSR count). The average molecular weight is 385 g/mol. The molecule has 3 aliphatic rings. The monoisotopic (exact) mass is 384 g/mol. The van der Waals surface area contributed by atoms with Crippen molar-refractivity contribution in [3.8, 4) is 0 Å². The predicted molar refractivity (Wildman–Crippen MR) is 116 cm³/mol. The molecule has 0 amide bonds. The second-order valence-electron chi connectivity index (χ2n) is 9.44. The van der Waals surface area contributed by atoms with Crippen molar-refractivity contribution in [1.82, 2.24) is 0 Å². The van der Waals surface area contributed by atoms with E-state index in [2.05, 4.69) is 50.4 Å². The van der Waals surface area contributed by atoms with Crippen LogP contribution in [0.1, 0.15) is 58.8 Å². The first-order valence-corrected chi connectivity index (χ1v) is 10.8. The maximum Gasteiger partial charge on any atom is 0.0976 e. The van der Waals surface area contributed by atoms with Gasteiger partial charge in [0.25, 0.3) is 0 Å². The lowest BCUT2D eigenvalue weighted by atomic mass is 9.50. The number of rotatable bonds is 7. The molecule has 0 aromatic heterocycles. The molecular weight excluding hydrogens is 348 g/mol. The normalized spacial score (nSPS) is 38.6. The number of fused-ring (bicyclic) bond motifs is 1. The number of nitroso groups, excluding NO2 is 1. The summed E-state index contributed by atoms with van der Waals surface area (Å²) in [6.07, 6.45) is 13.0. The van der Waals surface area contributed by atoms with E-state index in [1.807, 2.05) is 0 Å². The molecule has 6 atom stereocenters. The van der Waals surface area contributed by atoms with Crippen LogP contribution in [0, 0.1) is 28.1 Å². The molecule has 0 aromatic rings. The van der Waals surface area contributed by atoms with E-state index in [9.17, 15) is 10.0 Å². The lowest BCUT2D eigenvalue weighted by Crippen LogP contribution is -2.63. The Bertz CT molecular complexity index is 709. The molecule has 2 saturated carbocycles. The van der Waals surface area contributed by atoms with Gasteiger partial charge in [0, 0.05) is 16.9 Å². The summed E-state index contributed by atoms with van der Waals surface area (Å²) >= 11 is 0. The first-order chi connectivity index (χ1) is 13.3. The SMILES string of the molecule is C=C1C=CC2(C)C(=C1)CCC(N)(C1CCC(C(=C)CO)C1)C2C(CCC)N=O. The van der Waals surface area contributed by atoms with Crippen LogP contribution in [0.4, 0.5) is 0 Å². The van der Waals surface area contributed by atoms with Gasteiger partial charge < -0.3 is 10.8 Å². The Morgan fingerprint density at radius 1 is 1.46 bits per heavy atom. The van der Waals surface area contributed by atoms with Crippen molar-refractivity contribution >= 4 is 0 Å². The molecule has 0 radical (unpaired) electrons. The summed E-state index contributed by atoms with van der Waals surface area (Å²) in [5.74, 6) is 0.632. The number of allylic oxidation sites excluding steroid dienone is 5. The van der Waals surface area contributed by atoms with Gasteiger partial charge in [-0.2, -0.15) is 4.91 Å². The molecular formula is C24H36N2O2. The maximum atomic E-state index is 12.0. The van der Waals surface area contributed by atoms with Gasteiger partial charge in [-0.05, 0) is 61.5 Å². The molecule has 4 heteroatoms. The van der Waals surface area contributed by atoms with E-state index in [-0.39, 0.29) is 24.0 Å². The molecule has 0 bridgehead atoms.